The normalized spacial score (nSPS) is 11.5. The van der Waals surface area contributed by atoms with Gasteiger partial charge in [-0.25, -0.2) is 4.98 Å². The Labute approximate surface area is 144 Å². The molecule has 2 aromatic rings. The molecule has 2 rings (SSSR count). The summed E-state index contributed by atoms with van der Waals surface area (Å²) in [4.78, 5) is 17.3. The van der Waals surface area contributed by atoms with Gasteiger partial charge in [0.25, 0.3) is 0 Å². The molecule has 0 unspecified atom stereocenters. The number of nitriles is 1. The number of nitrogens with one attached hydrogen (secondary N) is 1. The van der Waals surface area contributed by atoms with Gasteiger partial charge in [-0.1, -0.05) is 36.9 Å². The summed E-state index contributed by atoms with van der Waals surface area (Å²) < 4.78 is 0. The third-order valence-electron chi connectivity index (χ3n) is 2.86. The smallest absolute Gasteiger partial charge is 0.234 e. The second-order valence-electron chi connectivity index (χ2n) is 4.79. The number of hydrogen-bond donors (Lipinski definition) is 1. The fraction of sp³-hybridized carbons (Fsp3) is 0.235. The predicted molar refractivity (Wildman–Crippen MR) is 95.6 cm³/mol. The van der Waals surface area contributed by atoms with Crippen LogP contribution in [0, 0.1) is 11.3 Å². The average Bonchev–Trinajstić information content (AvgIpc) is 2.56. The van der Waals surface area contributed by atoms with Crippen molar-refractivity contribution in [1.82, 2.24) is 4.98 Å². The molecule has 0 saturated carbocycles. The van der Waals surface area contributed by atoms with Crippen LogP contribution in [0.1, 0.15) is 13.3 Å². The van der Waals surface area contributed by atoms with Gasteiger partial charge in [-0.3, -0.25) is 4.79 Å². The lowest BCUT2D eigenvalue weighted by molar-refractivity contribution is -0.113. The summed E-state index contributed by atoms with van der Waals surface area (Å²) in [6.45, 7) is 2.00. The van der Waals surface area contributed by atoms with Crippen molar-refractivity contribution in [2.24, 2.45) is 0 Å². The molecule has 1 aromatic carbocycles. The zero-order chi connectivity index (χ0) is 16.5. The van der Waals surface area contributed by atoms with Crippen LogP contribution in [-0.4, -0.2) is 21.9 Å². The molecule has 0 aliphatic heterocycles. The molecule has 6 heteroatoms. The molecular formula is C17H17N3OS2. The second-order valence-corrected chi connectivity index (χ2v) is 7.27. The van der Waals surface area contributed by atoms with Gasteiger partial charge in [-0.2, -0.15) is 5.26 Å². The van der Waals surface area contributed by atoms with Crippen molar-refractivity contribution in [2.75, 3.05) is 11.1 Å². The third kappa shape index (κ3) is 5.97. The number of benzene rings is 1. The van der Waals surface area contributed by atoms with Crippen LogP contribution in [0.25, 0.3) is 0 Å². The highest BCUT2D eigenvalue weighted by atomic mass is 32.2. The molecule has 4 nitrogen and oxygen atoms in total. The molecule has 1 amide bonds. The lowest BCUT2D eigenvalue weighted by Crippen LogP contribution is -2.15. The number of rotatable bonds is 7. The molecule has 0 aliphatic carbocycles. The fourth-order valence-electron chi connectivity index (χ4n) is 1.82. The number of para-hydroxylation sites is 1. The number of pyridine rings is 1. The Hall–Kier alpha value is -1.97. The van der Waals surface area contributed by atoms with E-state index in [2.05, 4.69) is 16.4 Å². The molecule has 0 spiro atoms. The van der Waals surface area contributed by atoms with Gasteiger partial charge in [0, 0.05) is 22.8 Å². The summed E-state index contributed by atoms with van der Waals surface area (Å²) in [5.74, 6) is 0.241. The zero-order valence-corrected chi connectivity index (χ0v) is 14.4. The molecule has 0 radical (unpaired) electrons. The van der Waals surface area contributed by atoms with Gasteiger partial charge in [0.15, 0.2) is 0 Å². The largest absolute Gasteiger partial charge is 0.324 e. The Morgan fingerprint density at radius 2 is 2.09 bits per heavy atom. The number of amides is 1. The Kier molecular flexibility index (Phi) is 6.98. The van der Waals surface area contributed by atoms with Crippen molar-refractivity contribution in [3.05, 3.63) is 48.7 Å². The summed E-state index contributed by atoms with van der Waals surface area (Å²) >= 11 is 3.00. The lowest BCUT2D eigenvalue weighted by atomic mass is 10.3. The molecule has 1 heterocycles. The summed E-state index contributed by atoms with van der Waals surface area (Å²) in [5, 5.41) is 12.7. The molecule has 1 aromatic heterocycles. The van der Waals surface area contributed by atoms with Crippen LogP contribution in [0.3, 0.4) is 0 Å². The molecule has 0 fully saturated rings. The summed E-state index contributed by atoms with van der Waals surface area (Å²) in [6, 6.07) is 15.5. The first-order chi connectivity index (χ1) is 11.2. The third-order valence-corrected chi connectivity index (χ3v) is 4.98. The Morgan fingerprint density at radius 3 is 2.83 bits per heavy atom. The van der Waals surface area contributed by atoms with Gasteiger partial charge in [0.1, 0.15) is 0 Å². The molecule has 0 bridgehead atoms. The van der Waals surface area contributed by atoms with E-state index in [1.54, 1.807) is 18.0 Å². The van der Waals surface area contributed by atoms with Crippen molar-refractivity contribution >= 4 is 35.1 Å². The molecule has 1 atom stereocenters. The molecule has 118 valence electrons. The quantitative estimate of drug-likeness (QED) is 0.763. The van der Waals surface area contributed by atoms with Gasteiger partial charge in [-0.15, -0.1) is 11.8 Å². The summed E-state index contributed by atoms with van der Waals surface area (Å²) in [6.07, 6.45) is 2.19. The maximum Gasteiger partial charge on any atom is 0.234 e. The Bertz CT molecular complexity index is 686. The van der Waals surface area contributed by atoms with E-state index in [0.29, 0.717) is 12.2 Å². The van der Waals surface area contributed by atoms with Gasteiger partial charge >= 0.3 is 0 Å². The van der Waals surface area contributed by atoms with E-state index in [1.807, 2.05) is 49.4 Å². The molecule has 0 saturated heterocycles. The van der Waals surface area contributed by atoms with E-state index in [4.69, 9.17) is 5.26 Å². The number of anilines is 1. The predicted octanol–water partition coefficient (Wildman–Crippen LogP) is 4.21. The fourth-order valence-corrected chi connectivity index (χ4v) is 3.47. The van der Waals surface area contributed by atoms with Crippen molar-refractivity contribution < 1.29 is 4.79 Å². The average molecular weight is 343 g/mol. The van der Waals surface area contributed by atoms with E-state index in [0.717, 1.165) is 15.6 Å². The van der Waals surface area contributed by atoms with Crippen molar-refractivity contribution in [3.63, 3.8) is 0 Å². The van der Waals surface area contributed by atoms with Crippen LogP contribution in [0.5, 0.6) is 0 Å². The van der Waals surface area contributed by atoms with Gasteiger partial charge < -0.3 is 5.32 Å². The van der Waals surface area contributed by atoms with Crippen LogP contribution in [-0.2, 0) is 4.79 Å². The van der Waals surface area contributed by atoms with E-state index < -0.39 is 0 Å². The SMILES string of the molecule is C[C@H](CC#N)Sc1ccccc1NC(=O)CSc1ccccn1. The maximum atomic E-state index is 12.1. The highest BCUT2D eigenvalue weighted by Crippen LogP contribution is 2.31. The second kappa shape index (κ2) is 9.23. The Balaban J connectivity index is 1.94. The highest BCUT2D eigenvalue weighted by molar-refractivity contribution is 8.00. The molecule has 0 aliphatic rings. The maximum absolute atomic E-state index is 12.1. The zero-order valence-electron chi connectivity index (χ0n) is 12.7. The van der Waals surface area contributed by atoms with E-state index in [1.165, 1.54) is 11.8 Å². The van der Waals surface area contributed by atoms with Crippen molar-refractivity contribution in [3.8, 4) is 6.07 Å². The number of carbonyl (C=O) groups is 1. The minimum Gasteiger partial charge on any atom is -0.324 e. The number of hydrogen-bond acceptors (Lipinski definition) is 5. The minimum atomic E-state index is -0.0679. The van der Waals surface area contributed by atoms with E-state index >= 15 is 0 Å². The van der Waals surface area contributed by atoms with Crippen LogP contribution in [0.4, 0.5) is 5.69 Å². The van der Waals surface area contributed by atoms with Crippen LogP contribution >= 0.6 is 23.5 Å². The van der Waals surface area contributed by atoms with Crippen LogP contribution in [0.15, 0.2) is 58.6 Å². The monoisotopic (exact) mass is 343 g/mol. The standard InChI is InChI=1S/C17H17N3OS2/c1-13(9-10-18)23-15-7-3-2-6-14(15)20-16(21)12-22-17-8-4-5-11-19-17/h2-8,11,13H,9,12H2,1H3,(H,20,21)/t13-/m1/s1. The topological polar surface area (TPSA) is 65.8 Å². The Morgan fingerprint density at radius 1 is 1.30 bits per heavy atom. The van der Waals surface area contributed by atoms with Gasteiger partial charge in [0.05, 0.1) is 22.5 Å². The van der Waals surface area contributed by atoms with Crippen molar-refractivity contribution in [1.29, 1.82) is 5.26 Å². The number of carbonyl (C=O) groups excluding carboxylic acids is 1. The van der Waals surface area contributed by atoms with Gasteiger partial charge in [-0.05, 0) is 24.3 Å². The lowest BCUT2D eigenvalue weighted by Gasteiger charge is -2.13. The van der Waals surface area contributed by atoms with Crippen LogP contribution < -0.4 is 5.32 Å². The first-order valence-electron chi connectivity index (χ1n) is 7.15. The molecule has 1 N–H and O–H groups in total. The van der Waals surface area contributed by atoms with Crippen LogP contribution in [0.2, 0.25) is 0 Å². The highest BCUT2D eigenvalue weighted by Gasteiger charge is 2.11. The number of thioether (sulfide) groups is 2. The molecular weight excluding hydrogens is 326 g/mol. The molecule has 23 heavy (non-hydrogen) atoms. The minimum absolute atomic E-state index is 0.0679. The summed E-state index contributed by atoms with van der Waals surface area (Å²) in [7, 11) is 0. The first-order valence-corrected chi connectivity index (χ1v) is 9.02. The van der Waals surface area contributed by atoms with E-state index in [-0.39, 0.29) is 11.2 Å². The summed E-state index contributed by atoms with van der Waals surface area (Å²) in [5.41, 5.74) is 0.786. The van der Waals surface area contributed by atoms with E-state index in [9.17, 15) is 4.79 Å². The van der Waals surface area contributed by atoms with Crippen molar-refractivity contribution in [2.45, 2.75) is 28.5 Å². The van der Waals surface area contributed by atoms with Gasteiger partial charge in [0.2, 0.25) is 5.91 Å². The first kappa shape index (κ1) is 17.4. The number of nitrogens with zero attached hydrogens (tertiary/aromatic N) is 2. The number of aromatic nitrogens is 1.